The minimum absolute atomic E-state index is 0.581. The first-order valence-electron chi connectivity index (χ1n) is 7.26. The molecule has 2 aliphatic rings. The van der Waals surface area contributed by atoms with Crippen molar-refractivity contribution in [3.63, 3.8) is 0 Å². The molecule has 0 aromatic heterocycles. The van der Waals surface area contributed by atoms with Crippen molar-refractivity contribution in [1.82, 2.24) is 5.32 Å². The molecule has 1 saturated carbocycles. The highest BCUT2D eigenvalue weighted by Gasteiger charge is 2.36. The van der Waals surface area contributed by atoms with E-state index in [2.05, 4.69) is 12.2 Å². The van der Waals surface area contributed by atoms with Crippen molar-refractivity contribution in [2.45, 2.75) is 58.3 Å². The van der Waals surface area contributed by atoms with Gasteiger partial charge in [-0.25, -0.2) is 0 Å². The molecule has 1 heterocycles. The lowest BCUT2D eigenvalue weighted by Gasteiger charge is -2.31. The second-order valence-corrected chi connectivity index (χ2v) is 6.57. The Labute approximate surface area is 110 Å². The van der Waals surface area contributed by atoms with Gasteiger partial charge < -0.3 is 5.32 Å². The maximum absolute atomic E-state index is 4.75. The Kier molecular flexibility index (Phi) is 5.20. The number of aliphatic imine (C=N–C) groups is 1. The minimum Gasteiger partial charge on any atom is -0.365 e. The van der Waals surface area contributed by atoms with Gasteiger partial charge in [-0.1, -0.05) is 50.8 Å². The molecule has 1 N–H and O–H groups in total. The monoisotopic (exact) mass is 254 g/mol. The van der Waals surface area contributed by atoms with Gasteiger partial charge in [0.2, 0.25) is 0 Å². The number of nitrogens with zero attached hydrogens (tertiary/aromatic N) is 1. The second kappa shape index (κ2) is 6.67. The fraction of sp³-hybridized carbons (Fsp3) is 0.929. The van der Waals surface area contributed by atoms with E-state index < -0.39 is 0 Å². The zero-order valence-corrected chi connectivity index (χ0v) is 12.0. The predicted molar refractivity (Wildman–Crippen MR) is 77.8 cm³/mol. The molecule has 2 rings (SSSR count). The van der Waals surface area contributed by atoms with Crippen LogP contribution in [0.2, 0.25) is 0 Å². The topological polar surface area (TPSA) is 24.4 Å². The van der Waals surface area contributed by atoms with Crippen molar-refractivity contribution >= 4 is 16.9 Å². The third-order valence-electron chi connectivity index (χ3n) is 4.04. The first-order valence-corrected chi connectivity index (χ1v) is 8.24. The van der Waals surface area contributed by atoms with Crippen LogP contribution in [0.25, 0.3) is 0 Å². The average molecular weight is 254 g/mol. The van der Waals surface area contributed by atoms with E-state index in [9.17, 15) is 0 Å². The van der Waals surface area contributed by atoms with Gasteiger partial charge in [0.25, 0.3) is 0 Å². The van der Waals surface area contributed by atoms with Crippen molar-refractivity contribution in [2.24, 2.45) is 10.4 Å². The van der Waals surface area contributed by atoms with E-state index in [1.165, 1.54) is 62.3 Å². The molecular weight excluding hydrogens is 228 g/mol. The van der Waals surface area contributed by atoms with Gasteiger partial charge in [0.15, 0.2) is 5.17 Å². The quantitative estimate of drug-likeness (QED) is 0.754. The Balaban J connectivity index is 1.64. The summed E-state index contributed by atoms with van der Waals surface area (Å²) in [7, 11) is 0. The molecule has 1 aliphatic carbocycles. The lowest BCUT2D eigenvalue weighted by atomic mass is 9.89. The molecule has 0 unspecified atom stereocenters. The van der Waals surface area contributed by atoms with Crippen LogP contribution < -0.4 is 5.32 Å². The molecule has 1 fully saturated rings. The van der Waals surface area contributed by atoms with Gasteiger partial charge in [-0.05, 0) is 24.7 Å². The van der Waals surface area contributed by atoms with Gasteiger partial charge in [0.1, 0.15) is 0 Å². The van der Waals surface area contributed by atoms with Gasteiger partial charge in [-0.15, -0.1) is 0 Å². The number of amidine groups is 1. The summed E-state index contributed by atoms with van der Waals surface area (Å²) >= 11 is 1.96. The first-order chi connectivity index (χ1) is 8.35. The number of unbranched alkanes of at least 4 members (excludes halogenated alkanes) is 3. The van der Waals surface area contributed by atoms with Crippen LogP contribution in [0.4, 0.5) is 0 Å². The van der Waals surface area contributed by atoms with Gasteiger partial charge >= 0.3 is 0 Å². The Hall–Kier alpha value is -0.180. The molecule has 0 bridgehead atoms. The molecule has 0 amide bonds. The number of nitrogens with one attached hydrogen (secondary N) is 1. The highest BCUT2D eigenvalue weighted by Crippen LogP contribution is 2.43. The third-order valence-corrected chi connectivity index (χ3v) is 5.35. The van der Waals surface area contributed by atoms with Crippen LogP contribution in [0.1, 0.15) is 58.3 Å². The van der Waals surface area contributed by atoms with Crippen molar-refractivity contribution in [2.75, 3.05) is 18.8 Å². The molecule has 17 heavy (non-hydrogen) atoms. The van der Waals surface area contributed by atoms with Gasteiger partial charge in [-0.3, -0.25) is 4.99 Å². The zero-order chi connectivity index (χ0) is 12.0. The predicted octanol–water partition coefficient (Wildman–Crippen LogP) is 3.82. The fourth-order valence-electron chi connectivity index (χ4n) is 2.83. The second-order valence-electron chi connectivity index (χ2n) is 5.60. The Morgan fingerprint density at radius 1 is 1.24 bits per heavy atom. The molecule has 0 saturated heterocycles. The van der Waals surface area contributed by atoms with E-state index in [0.717, 1.165) is 13.1 Å². The minimum atomic E-state index is 0.581. The summed E-state index contributed by atoms with van der Waals surface area (Å²) in [5, 5.41) is 4.71. The molecule has 0 aromatic rings. The largest absolute Gasteiger partial charge is 0.365 e. The molecule has 2 nitrogen and oxygen atoms in total. The summed E-state index contributed by atoms with van der Waals surface area (Å²) < 4.78 is 0. The van der Waals surface area contributed by atoms with E-state index in [4.69, 9.17) is 4.99 Å². The molecule has 0 radical (unpaired) electrons. The third kappa shape index (κ3) is 3.90. The summed E-state index contributed by atoms with van der Waals surface area (Å²) in [5.41, 5.74) is 0.581. The molecule has 98 valence electrons. The molecule has 1 aliphatic heterocycles. The fourth-order valence-corrected chi connectivity index (χ4v) is 4.02. The van der Waals surface area contributed by atoms with E-state index in [0.29, 0.717) is 5.41 Å². The smallest absolute Gasteiger partial charge is 0.156 e. The van der Waals surface area contributed by atoms with E-state index in [1.807, 2.05) is 11.8 Å². The standard InChI is InChI=1S/C14H26N2S/c1-2-3-4-7-10-15-13-16-11-14(12-17-13)8-5-6-9-14/h2-12H2,1H3,(H,15,16). The van der Waals surface area contributed by atoms with Crippen molar-refractivity contribution in [3.05, 3.63) is 0 Å². The molecule has 0 aromatic carbocycles. The Morgan fingerprint density at radius 2 is 2.06 bits per heavy atom. The van der Waals surface area contributed by atoms with Gasteiger partial charge in [0, 0.05) is 18.8 Å². The first kappa shape index (κ1) is 13.3. The van der Waals surface area contributed by atoms with Crippen LogP contribution in [0.15, 0.2) is 4.99 Å². The van der Waals surface area contributed by atoms with Gasteiger partial charge in [0.05, 0.1) is 0 Å². The summed E-state index contributed by atoms with van der Waals surface area (Å²) in [5.74, 6) is 1.30. The SMILES string of the molecule is CCCCCCNC1=NCC2(CCCC2)CS1. The number of thioether (sulfide) groups is 1. The Morgan fingerprint density at radius 3 is 2.71 bits per heavy atom. The molecule has 0 atom stereocenters. The maximum atomic E-state index is 4.75. The molecule has 1 spiro atoms. The normalized spacial score (nSPS) is 22.8. The molecular formula is C14H26N2S. The zero-order valence-electron chi connectivity index (χ0n) is 11.1. The van der Waals surface area contributed by atoms with Crippen LogP contribution in [0.5, 0.6) is 0 Å². The highest BCUT2D eigenvalue weighted by atomic mass is 32.2. The van der Waals surface area contributed by atoms with E-state index in [-0.39, 0.29) is 0 Å². The van der Waals surface area contributed by atoms with Gasteiger partial charge in [-0.2, -0.15) is 0 Å². The summed E-state index contributed by atoms with van der Waals surface area (Å²) in [6.45, 7) is 4.45. The number of hydrogen-bond donors (Lipinski definition) is 1. The van der Waals surface area contributed by atoms with E-state index >= 15 is 0 Å². The van der Waals surface area contributed by atoms with Crippen LogP contribution in [-0.2, 0) is 0 Å². The molecule has 3 heteroatoms. The van der Waals surface area contributed by atoms with Crippen LogP contribution in [0, 0.1) is 5.41 Å². The number of rotatable bonds is 5. The maximum Gasteiger partial charge on any atom is 0.156 e. The van der Waals surface area contributed by atoms with Crippen molar-refractivity contribution in [1.29, 1.82) is 0 Å². The van der Waals surface area contributed by atoms with Crippen LogP contribution in [-0.4, -0.2) is 24.0 Å². The summed E-state index contributed by atoms with van der Waals surface area (Å²) in [6, 6.07) is 0. The lowest BCUT2D eigenvalue weighted by molar-refractivity contribution is 0.358. The van der Waals surface area contributed by atoms with E-state index in [1.54, 1.807) is 0 Å². The number of hydrogen-bond acceptors (Lipinski definition) is 3. The Bertz CT molecular complexity index is 257. The van der Waals surface area contributed by atoms with Crippen LogP contribution in [0.3, 0.4) is 0 Å². The highest BCUT2D eigenvalue weighted by molar-refractivity contribution is 8.13. The van der Waals surface area contributed by atoms with Crippen LogP contribution >= 0.6 is 11.8 Å². The van der Waals surface area contributed by atoms with Crippen molar-refractivity contribution in [3.8, 4) is 0 Å². The summed E-state index contributed by atoms with van der Waals surface area (Å²) in [4.78, 5) is 4.75. The lowest BCUT2D eigenvalue weighted by Crippen LogP contribution is -2.33. The average Bonchev–Trinajstić information content (AvgIpc) is 2.80. The summed E-state index contributed by atoms with van der Waals surface area (Å²) in [6.07, 6.45) is 11.0. The van der Waals surface area contributed by atoms with Crippen molar-refractivity contribution < 1.29 is 0 Å².